The van der Waals surface area contributed by atoms with Crippen LogP contribution < -0.4 is 0 Å². The van der Waals surface area contributed by atoms with Crippen molar-refractivity contribution in [2.75, 3.05) is 0 Å². The van der Waals surface area contributed by atoms with E-state index in [1.54, 1.807) is 18.3 Å². The van der Waals surface area contributed by atoms with Gasteiger partial charge in [0.2, 0.25) is 0 Å². The molecule has 0 N–H and O–H groups in total. The quantitative estimate of drug-likeness (QED) is 0.184. The van der Waals surface area contributed by atoms with E-state index in [0.717, 1.165) is 44.8 Å². The van der Waals surface area contributed by atoms with Crippen LogP contribution >= 0.6 is 0 Å². The molecule has 2 aromatic heterocycles. The first-order chi connectivity index (χ1) is 23.2. The Balaban J connectivity index is 1.13. The van der Waals surface area contributed by atoms with E-state index < -0.39 is 0 Å². The molecule has 0 aliphatic rings. The highest BCUT2D eigenvalue weighted by Crippen LogP contribution is 2.39. The monoisotopic (exact) mass is 603 g/mol. The number of nitrogens with zero attached hydrogens (tertiary/aromatic N) is 3. The lowest BCUT2D eigenvalue weighted by Gasteiger charge is -2.14. The zero-order chi connectivity index (χ0) is 31.3. The van der Waals surface area contributed by atoms with Crippen molar-refractivity contribution in [1.82, 2.24) is 15.0 Å². The minimum absolute atomic E-state index is 0.281. The number of pyridine rings is 1. The fourth-order valence-corrected chi connectivity index (χ4v) is 6.65. The second-order valence-corrected chi connectivity index (χ2v) is 11.8. The SMILES string of the molecule is Fc1ccc(-c2cc(-c3ccc(-c4ccc5ccc6cccc7ccc4c5c67)cc3)nc(-c3ccc(-c4cccnc4)cc3)n2)cc1. The summed E-state index contributed by atoms with van der Waals surface area (Å²) in [6, 6.07) is 49.0. The Hall–Kier alpha value is -6.26. The van der Waals surface area contributed by atoms with Crippen molar-refractivity contribution in [1.29, 1.82) is 0 Å². The van der Waals surface area contributed by atoms with Crippen molar-refractivity contribution >= 4 is 32.3 Å². The predicted molar refractivity (Wildman–Crippen MR) is 191 cm³/mol. The molecule has 0 radical (unpaired) electrons. The Morgan fingerprint density at radius 3 is 1.68 bits per heavy atom. The van der Waals surface area contributed by atoms with Gasteiger partial charge in [-0.3, -0.25) is 4.98 Å². The summed E-state index contributed by atoms with van der Waals surface area (Å²) in [7, 11) is 0. The maximum atomic E-state index is 13.8. The van der Waals surface area contributed by atoms with Gasteiger partial charge in [-0.15, -0.1) is 0 Å². The number of halogens is 1. The van der Waals surface area contributed by atoms with E-state index in [2.05, 4.69) is 96.0 Å². The molecule has 9 rings (SSSR count). The maximum absolute atomic E-state index is 13.8. The molecule has 7 aromatic carbocycles. The number of hydrogen-bond donors (Lipinski definition) is 0. The van der Waals surface area contributed by atoms with Crippen molar-refractivity contribution in [2.45, 2.75) is 0 Å². The van der Waals surface area contributed by atoms with Gasteiger partial charge in [0.1, 0.15) is 5.82 Å². The first kappa shape index (κ1) is 27.1. The van der Waals surface area contributed by atoms with Crippen LogP contribution in [0.2, 0.25) is 0 Å². The zero-order valence-electron chi connectivity index (χ0n) is 25.2. The van der Waals surface area contributed by atoms with Crippen molar-refractivity contribution in [2.24, 2.45) is 0 Å². The smallest absolute Gasteiger partial charge is 0.160 e. The second-order valence-electron chi connectivity index (χ2n) is 11.8. The van der Waals surface area contributed by atoms with Crippen molar-refractivity contribution in [3.8, 4) is 56.2 Å². The Kier molecular flexibility index (Phi) is 6.32. The maximum Gasteiger partial charge on any atom is 0.160 e. The average molecular weight is 604 g/mol. The summed E-state index contributed by atoms with van der Waals surface area (Å²) in [5.41, 5.74) is 8.69. The summed E-state index contributed by atoms with van der Waals surface area (Å²) in [6.45, 7) is 0. The van der Waals surface area contributed by atoms with Crippen LogP contribution in [0.15, 0.2) is 158 Å². The van der Waals surface area contributed by atoms with E-state index in [-0.39, 0.29) is 5.82 Å². The first-order valence-corrected chi connectivity index (χ1v) is 15.6. The highest BCUT2D eigenvalue weighted by molar-refractivity contribution is 6.25. The third kappa shape index (κ3) is 4.79. The Morgan fingerprint density at radius 2 is 1.00 bits per heavy atom. The van der Waals surface area contributed by atoms with E-state index in [9.17, 15) is 4.39 Å². The van der Waals surface area contributed by atoms with Gasteiger partial charge in [-0.2, -0.15) is 0 Å². The van der Waals surface area contributed by atoms with Crippen LogP contribution in [0.5, 0.6) is 0 Å². The van der Waals surface area contributed by atoms with Crippen molar-refractivity contribution in [3.05, 3.63) is 164 Å². The molecule has 0 aliphatic carbocycles. The van der Waals surface area contributed by atoms with Crippen LogP contribution in [0.3, 0.4) is 0 Å². The molecule has 0 aliphatic heterocycles. The number of benzene rings is 7. The lowest BCUT2D eigenvalue weighted by atomic mass is 9.89. The lowest BCUT2D eigenvalue weighted by Crippen LogP contribution is -1.96. The van der Waals surface area contributed by atoms with Gasteiger partial charge in [-0.1, -0.05) is 109 Å². The van der Waals surface area contributed by atoms with Gasteiger partial charge in [-0.25, -0.2) is 14.4 Å². The minimum atomic E-state index is -0.281. The van der Waals surface area contributed by atoms with E-state index in [1.165, 1.54) is 50.0 Å². The zero-order valence-corrected chi connectivity index (χ0v) is 25.2. The molecule has 0 saturated carbocycles. The Bertz CT molecular complexity index is 2530. The fraction of sp³-hybridized carbons (Fsp3) is 0. The van der Waals surface area contributed by atoms with Gasteiger partial charge < -0.3 is 0 Å². The predicted octanol–water partition coefficient (Wildman–Crippen LogP) is 11.2. The van der Waals surface area contributed by atoms with Crippen molar-refractivity contribution in [3.63, 3.8) is 0 Å². The molecule has 2 heterocycles. The summed E-state index contributed by atoms with van der Waals surface area (Å²) in [4.78, 5) is 14.2. The van der Waals surface area contributed by atoms with Gasteiger partial charge in [0, 0.05) is 29.1 Å². The van der Waals surface area contributed by atoms with Crippen molar-refractivity contribution < 1.29 is 4.39 Å². The summed E-state index contributed by atoms with van der Waals surface area (Å²) < 4.78 is 13.8. The van der Waals surface area contributed by atoms with Crippen LogP contribution in [-0.2, 0) is 0 Å². The molecule has 0 unspecified atom stereocenters. The highest BCUT2D eigenvalue weighted by Gasteiger charge is 2.14. The average Bonchev–Trinajstić information content (AvgIpc) is 3.14. The molecule has 0 saturated heterocycles. The Morgan fingerprint density at radius 1 is 0.426 bits per heavy atom. The normalized spacial score (nSPS) is 11.5. The number of rotatable bonds is 5. The van der Waals surface area contributed by atoms with Crippen LogP contribution in [-0.4, -0.2) is 15.0 Å². The second kappa shape index (κ2) is 11.0. The Labute approximate surface area is 271 Å². The van der Waals surface area contributed by atoms with E-state index >= 15 is 0 Å². The molecule has 0 bridgehead atoms. The molecule has 0 fully saturated rings. The lowest BCUT2D eigenvalue weighted by molar-refractivity contribution is 0.628. The summed E-state index contributed by atoms with van der Waals surface area (Å²) in [5.74, 6) is 0.326. The van der Waals surface area contributed by atoms with Gasteiger partial charge in [0.15, 0.2) is 5.82 Å². The van der Waals surface area contributed by atoms with Crippen LogP contribution in [0, 0.1) is 5.82 Å². The largest absolute Gasteiger partial charge is 0.264 e. The molecule has 3 nitrogen and oxygen atoms in total. The molecular formula is C43H26FN3. The number of aromatic nitrogens is 3. The molecule has 4 heteroatoms. The molecule has 9 aromatic rings. The van der Waals surface area contributed by atoms with Gasteiger partial charge in [0.25, 0.3) is 0 Å². The van der Waals surface area contributed by atoms with Gasteiger partial charge in [-0.05, 0) is 91.0 Å². The fourth-order valence-electron chi connectivity index (χ4n) is 6.65. The molecular weight excluding hydrogens is 577 g/mol. The summed E-state index contributed by atoms with van der Waals surface area (Å²) in [6.07, 6.45) is 3.62. The van der Waals surface area contributed by atoms with E-state index in [4.69, 9.17) is 9.97 Å². The van der Waals surface area contributed by atoms with Crippen LogP contribution in [0.25, 0.3) is 88.5 Å². The van der Waals surface area contributed by atoms with E-state index in [1.807, 2.05) is 36.5 Å². The first-order valence-electron chi connectivity index (χ1n) is 15.6. The number of hydrogen-bond acceptors (Lipinski definition) is 3. The summed E-state index contributed by atoms with van der Waals surface area (Å²) in [5, 5.41) is 7.64. The molecule has 0 spiro atoms. The van der Waals surface area contributed by atoms with Crippen LogP contribution in [0.4, 0.5) is 4.39 Å². The van der Waals surface area contributed by atoms with Crippen LogP contribution in [0.1, 0.15) is 0 Å². The van der Waals surface area contributed by atoms with Gasteiger partial charge in [0.05, 0.1) is 11.4 Å². The summed E-state index contributed by atoms with van der Waals surface area (Å²) >= 11 is 0. The van der Waals surface area contributed by atoms with E-state index in [0.29, 0.717) is 5.82 Å². The minimum Gasteiger partial charge on any atom is -0.264 e. The topological polar surface area (TPSA) is 38.7 Å². The molecule has 47 heavy (non-hydrogen) atoms. The molecule has 0 amide bonds. The van der Waals surface area contributed by atoms with Gasteiger partial charge >= 0.3 is 0 Å². The third-order valence-corrected chi connectivity index (χ3v) is 9.02. The standard InChI is InChI=1S/C43H26FN3/c44-36-20-16-30(17-21-36)40-25-39(46-43(47-40)34-14-6-27(7-15-34)35-5-2-24-45-26-35)29-10-8-28(9-11-29)37-22-18-33-13-12-31-3-1-4-32-19-23-38(37)42(33)41(31)32/h1-26H. The molecule has 220 valence electrons. The highest BCUT2D eigenvalue weighted by atomic mass is 19.1. The third-order valence-electron chi connectivity index (χ3n) is 9.02. The molecule has 0 atom stereocenters.